The molecule has 1 nitrogen and oxygen atoms in total. The molecule has 0 fully saturated rings. The Morgan fingerprint density at radius 1 is 1.06 bits per heavy atom. The van der Waals surface area contributed by atoms with Gasteiger partial charge in [0.25, 0.3) is 0 Å². The van der Waals surface area contributed by atoms with E-state index in [1.165, 1.54) is 0 Å². The molecule has 0 amide bonds. The molecular formula is C15H10F2O. The minimum absolute atomic E-state index is 0.141. The van der Waals surface area contributed by atoms with Gasteiger partial charge in [0.15, 0.2) is 5.60 Å². The van der Waals surface area contributed by atoms with Gasteiger partial charge in [-0.15, -0.1) is 6.42 Å². The van der Waals surface area contributed by atoms with Gasteiger partial charge in [0.2, 0.25) is 0 Å². The zero-order valence-corrected chi connectivity index (χ0v) is 9.40. The summed E-state index contributed by atoms with van der Waals surface area (Å²) in [6.07, 6.45) is 5.32. The number of halogens is 2. The van der Waals surface area contributed by atoms with Crippen LogP contribution < -0.4 is 0 Å². The van der Waals surface area contributed by atoms with E-state index in [1.54, 1.807) is 30.3 Å². The molecular weight excluding hydrogens is 234 g/mol. The zero-order valence-electron chi connectivity index (χ0n) is 9.40. The van der Waals surface area contributed by atoms with Crippen molar-refractivity contribution in [3.8, 4) is 12.3 Å². The minimum Gasteiger partial charge on any atom is -0.369 e. The maximum absolute atomic E-state index is 13.7. The van der Waals surface area contributed by atoms with Gasteiger partial charge in [-0.3, -0.25) is 0 Å². The number of aliphatic hydroxyl groups is 1. The Labute approximate surface area is 104 Å². The second-order valence-corrected chi connectivity index (χ2v) is 3.84. The van der Waals surface area contributed by atoms with E-state index in [1.807, 2.05) is 0 Å². The van der Waals surface area contributed by atoms with Gasteiger partial charge < -0.3 is 5.11 Å². The predicted molar refractivity (Wildman–Crippen MR) is 64.6 cm³/mol. The van der Waals surface area contributed by atoms with Crippen molar-refractivity contribution >= 4 is 0 Å². The Bertz CT molecular complexity index is 602. The third kappa shape index (κ3) is 1.99. The first kappa shape index (κ1) is 12.3. The SMILES string of the molecule is C#CC(O)(c1ccccc1)c1ccc(F)cc1F. The van der Waals surface area contributed by atoms with E-state index in [-0.39, 0.29) is 5.56 Å². The molecule has 0 aliphatic heterocycles. The molecule has 1 N–H and O–H groups in total. The average molecular weight is 244 g/mol. The van der Waals surface area contributed by atoms with Crippen LogP contribution in [0, 0.1) is 24.0 Å². The van der Waals surface area contributed by atoms with Crippen molar-refractivity contribution in [2.45, 2.75) is 5.60 Å². The Morgan fingerprint density at radius 3 is 2.28 bits per heavy atom. The Hall–Kier alpha value is -2.18. The van der Waals surface area contributed by atoms with Crippen LogP contribution in [0.5, 0.6) is 0 Å². The third-order valence-electron chi connectivity index (χ3n) is 2.72. The fourth-order valence-corrected chi connectivity index (χ4v) is 1.78. The second kappa shape index (κ2) is 4.59. The lowest BCUT2D eigenvalue weighted by molar-refractivity contribution is 0.140. The van der Waals surface area contributed by atoms with Crippen LogP contribution >= 0.6 is 0 Å². The fourth-order valence-electron chi connectivity index (χ4n) is 1.78. The van der Waals surface area contributed by atoms with Gasteiger partial charge in [0, 0.05) is 17.2 Å². The molecule has 0 aromatic heterocycles. The summed E-state index contributed by atoms with van der Waals surface area (Å²) in [7, 11) is 0. The molecule has 1 unspecified atom stereocenters. The summed E-state index contributed by atoms with van der Waals surface area (Å²) in [5.41, 5.74) is -1.69. The molecule has 90 valence electrons. The van der Waals surface area contributed by atoms with Crippen LogP contribution in [-0.2, 0) is 5.60 Å². The molecule has 2 aromatic rings. The highest BCUT2D eigenvalue weighted by Crippen LogP contribution is 2.30. The van der Waals surface area contributed by atoms with Crippen LogP contribution in [0.25, 0.3) is 0 Å². The summed E-state index contributed by atoms with van der Waals surface area (Å²) in [6, 6.07) is 11.2. The van der Waals surface area contributed by atoms with Crippen molar-refractivity contribution in [3.05, 3.63) is 71.3 Å². The zero-order chi connectivity index (χ0) is 13.2. The summed E-state index contributed by atoms with van der Waals surface area (Å²) < 4.78 is 26.6. The number of hydrogen-bond acceptors (Lipinski definition) is 1. The molecule has 2 rings (SSSR count). The van der Waals surface area contributed by atoms with Crippen LogP contribution in [0.4, 0.5) is 8.78 Å². The molecule has 3 heteroatoms. The van der Waals surface area contributed by atoms with Crippen LogP contribution in [0.2, 0.25) is 0 Å². The highest BCUT2D eigenvalue weighted by molar-refractivity contribution is 5.44. The maximum Gasteiger partial charge on any atom is 0.179 e. The number of benzene rings is 2. The summed E-state index contributed by atoms with van der Waals surface area (Å²) in [4.78, 5) is 0. The average Bonchev–Trinajstić information content (AvgIpc) is 2.39. The van der Waals surface area contributed by atoms with Crippen LogP contribution in [-0.4, -0.2) is 5.11 Å². The summed E-state index contributed by atoms with van der Waals surface area (Å²) in [5, 5.41) is 10.4. The number of rotatable bonds is 2. The fraction of sp³-hybridized carbons (Fsp3) is 0.0667. The third-order valence-corrected chi connectivity index (χ3v) is 2.72. The van der Waals surface area contributed by atoms with Gasteiger partial charge in [-0.2, -0.15) is 0 Å². The summed E-state index contributed by atoms with van der Waals surface area (Å²) in [5.74, 6) is 0.570. The molecule has 2 aromatic carbocycles. The van der Waals surface area contributed by atoms with E-state index >= 15 is 0 Å². The molecule has 18 heavy (non-hydrogen) atoms. The Kier molecular flexibility index (Phi) is 3.14. The van der Waals surface area contributed by atoms with Gasteiger partial charge >= 0.3 is 0 Å². The summed E-state index contributed by atoms with van der Waals surface area (Å²) in [6.45, 7) is 0. The van der Waals surface area contributed by atoms with E-state index in [2.05, 4.69) is 5.92 Å². The van der Waals surface area contributed by atoms with Crippen molar-refractivity contribution in [1.29, 1.82) is 0 Å². The molecule has 0 saturated heterocycles. The quantitative estimate of drug-likeness (QED) is 0.805. The Balaban J connectivity index is 2.62. The van der Waals surface area contributed by atoms with Crippen molar-refractivity contribution in [3.63, 3.8) is 0 Å². The van der Waals surface area contributed by atoms with Crippen LogP contribution in [0.1, 0.15) is 11.1 Å². The normalized spacial score (nSPS) is 13.7. The van der Waals surface area contributed by atoms with Gasteiger partial charge in [-0.25, -0.2) is 8.78 Å². The molecule has 0 aliphatic carbocycles. The van der Waals surface area contributed by atoms with E-state index in [4.69, 9.17) is 6.42 Å². The lowest BCUT2D eigenvalue weighted by Gasteiger charge is -2.23. The molecule has 0 heterocycles. The number of hydrogen-bond donors (Lipinski definition) is 1. The maximum atomic E-state index is 13.7. The van der Waals surface area contributed by atoms with Crippen molar-refractivity contribution in [1.82, 2.24) is 0 Å². The molecule has 1 atom stereocenters. The van der Waals surface area contributed by atoms with Gasteiger partial charge in [-0.1, -0.05) is 36.3 Å². The van der Waals surface area contributed by atoms with Crippen molar-refractivity contribution in [2.75, 3.05) is 0 Å². The van der Waals surface area contributed by atoms with E-state index in [9.17, 15) is 13.9 Å². The first-order valence-electron chi connectivity index (χ1n) is 5.29. The van der Waals surface area contributed by atoms with Crippen LogP contribution in [0.3, 0.4) is 0 Å². The van der Waals surface area contributed by atoms with Gasteiger partial charge in [0.1, 0.15) is 11.6 Å². The highest BCUT2D eigenvalue weighted by Gasteiger charge is 2.32. The summed E-state index contributed by atoms with van der Waals surface area (Å²) >= 11 is 0. The molecule has 0 radical (unpaired) electrons. The molecule has 0 spiro atoms. The molecule has 0 bridgehead atoms. The van der Waals surface area contributed by atoms with Gasteiger partial charge in [0.05, 0.1) is 0 Å². The largest absolute Gasteiger partial charge is 0.369 e. The highest BCUT2D eigenvalue weighted by atomic mass is 19.1. The van der Waals surface area contributed by atoms with Gasteiger partial charge in [-0.05, 0) is 12.1 Å². The lowest BCUT2D eigenvalue weighted by Crippen LogP contribution is -2.26. The topological polar surface area (TPSA) is 20.2 Å². The van der Waals surface area contributed by atoms with Crippen molar-refractivity contribution < 1.29 is 13.9 Å². The number of terminal acetylenes is 1. The smallest absolute Gasteiger partial charge is 0.179 e. The predicted octanol–water partition coefficient (Wildman–Crippen LogP) is 2.83. The lowest BCUT2D eigenvalue weighted by atomic mass is 9.87. The standard InChI is InChI=1S/C15H10F2O/c1-2-15(18,11-6-4-3-5-7-11)13-9-8-12(16)10-14(13)17/h1,3-10,18H. The van der Waals surface area contributed by atoms with Crippen molar-refractivity contribution in [2.24, 2.45) is 0 Å². The first-order chi connectivity index (χ1) is 8.58. The monoisotopic (exact) mass is 244 g/mol. The van der Waals surface area contributed by atoms with E-state index in [0.717, 1.165) is 12.1 Å². The minimum atomic E-state index is -1.90. The second-order valence-electron chi connectivity index (χ2n) is 3.84. The Morgan fingerprint density at radius 2 is 1.72 bits per heavy atom. The van der Waals surface area contributed by atoms with E-state index < -0.39 is 17.2 Å². The van der Waals surface area contributed by atoms with Crippen LogP contribution in [0.15, 0.2) is 48.5 Å². The molecule has 0 aliphatic rings. The van der Waals surface area contributed by atoms with E-state index in [0.29, 0.717) is 11.6 Å². The first-order valence-corrected chi connectivity index (χ1v) is 5.29. The molecule has 0 saturated carbocycles.